The molecule has 0 N–H and O–H groups in total. The van der Waals surface area contributed by atoms with E-state index in [1.807, 2.05) is 31.7 Å². The van der Waals surface area contributed by atoms with Crippen LogP contribution in [-0.2, 0) is 16.0 Å². The largest absolute Gasteiger partial charge is 0.444 e. The van der Waals surface area contributed by atoms with Crippen molar-refractivity contribution in [3.05, 3.63) is 35.9 Å². The fourth-order valence-corrected chi connectivity index (χ4v) is 4.08. The van der Waals surface area contributed by atoms with Crippen molar-refractivity contribution in [1.82, 2.24) is 9.80 Å². The Bertz CT molecular complexity index is 645. The average Bonchev–Trinajstić information content (AvgIpc) is 3.11. The molecule has 1 aromatic carbocycles. The summed E-state index contributed by atoms with van der Waals surface area (Å²) in [7, 11) is 0. The van der Waals surface area contributed by atoms with Gasteiger partial charge in [-0.2, -0.15) is 0 Å². The summed E-state index contributed by atoms with van der Waals surface area (Å²) >= 11 is 0. The van der Waals surface area contributed by atoms with Crippen LogP contribution in [0.15, 0.2) is 30.3 Å². The molecule has 2 aliphatic heterocycles. The van der Waals surface area contributed by atoms with Crippen molar-refractivity contribution in [2.24, 2.45) is 5.92 Å². The Balaban J connectivity index is 1.53. The zero-order valence-corrected chi connectivity index (χ0v) is 16.8. The van der Waals surface area contributed by atoms with Crippen LogP contribution in [-0.4, -0.2) is 53.1 Å². The van der Waals surface area contributed by atoms with Crippen molar-refractivity contribution in [2.75, 3.05) is 19.6 Å². The summed E-state index contributed by atoms with van der Waals surface area (Å²) in [6.07, 6.45) is 4.37. The minimum absolute atomic E-state index is 0.0940. The van der Waals surface area contributed by atoms with Crippen molar-refractivity contribution in [3.63, 3.8) is 0 Å². The third-order valence-electron chi connectivity index (χ3n) is 5.46. The van der Waals surface area contributed by atoms with Crippen LogP contribution < -0.4 is 0 Å². The van der Waals surface area contributed by atoms with Gasteiger partial charge in [-0.1, -0.05) is 30.3 Å². The van der Waals surface area contributed by atoms with E-state index in [-0.39, 0.29) is 18.0 Å². The molecule has 5 heteroatoms. The molecule has 0 aliphatic carbocycles. The van der Waals surface area contributed by atoms with Crippen molar-refractivity contribution >= 4 is 12.0 Å². The minimum Gasteiger partial charge on any atom is -0.444 e. The number of ether oxygens (including phenoxy) is 1. The SMILES string of the molecule is CC(C)(C)OC(=O)N1CCCC1C(=O)N1CCC(Cc2ccccc2)CC1. The molecule has 1 aromatic rings. The van der Waals surface area contributed by atoms with Gasteiger partial charge < -0.3 is 9.64 Å². The van der Waals surface area contributed by atoms with Crippen LogP contribution in [0.2, 0.25) is 0 Å². The molecule has 1 unspecified atom stereocenters. The van der Waals surface area contributed by atoms with E-state index in [2.05, 4.69) is 24.3 Å². The van der Waals surface area contributed by atoms with Gasteiger partial charge >= 0.3 is 6.09 Å². The van der Waals surface area contributed by atoms with E-state index in [4.69, 9.17) is 4.74 Å². The van der Waals surface area contributed by atoms with E-state index in [0.29, 0.717) is 12.5 Å². The lowest BCUT2D eigenvalue weighted by Crippen LogP contribution is -2.51. The molecule has 2 fully saturated rings. The zero-order valence-electron chi connectivity index (χ0n) is 16.8. The number of nitrogens with zero attached hydrogens (tertiary/aromatic N) is 2. The first-order valence-corrected chi connectivity index (χ1v) is 10.2. The van der Waals surface area contributed by atoms with Crippen LogP contribution in [0.25, 0.3) is 0 Å². The van der Waals surface area contributed by atoms with Crippen LogP contribution >= 0.6 is 0 Å². The van der Waals surface area contributed by atoms with Gasteiger partial charge in [-0.25, -0.2) is 4.79 Å². The number of carbonyl (C=O) groups is 2. The second kappa shape index (κ2) is 8.32. The van der Waals surface area contributed by atoms with E-state index in [1.54, 1.807) is 4.90 Å². The van der Waals surface area contributed by atoms with Gasteiger partial charge in [-0.15, -0.1) is 0 Å². The molecule has 3 rings (SSSR count). The normalized spacial score (nSPS) is 21.4. The topological polar surface area (TPSA) is 49.9 Å². The second-order valence-electron chi connectivity index (χ2n) is 8.79. The Hall–Kier alpha value is -2.04. The van der Waals surface area contributed by atoms with E-state index in [1.165, 1.54) is 5.56 Å². The summed E-state index contributed by atoms with van der Waals surface area (Å²) in [5, 5.41) is 0. The van der Waals surface area contributed by atoms with Gasteiger partial charge in [0.1, 0.15) is 11.6 Å². The van der Waals surface area contributed by atoms with Crippen LogP contribution in [0.5, 0.6) is 0 Å². The van der Waals surface area contributed by atoms with Crippen LogP contribution in [0, 0.1) is 5.92 Å². The average molecular weight is 373 g/mol. The monoisotopic (exact) mass is 372 g/mol. The highest BCUT2D eigenvalue weighted by molar-refractivity contribution is 5.86. The number of piperidine rings is 1. The molecule has 27 heavy (non-hydrogen) atoms. The molecule has 0 radical (unpaired) electrons. The predicted molar refractivity (Wildman–Crippen MR) is 105 cm³/mol. The molecule has 2 amide bonds. The first kappa shape index (κ1) is 19.7. The maximum absolute atomic E-state index is 13.0. The summed E-state index contributed by atoms with van der Waals surface area (Å²) in [6, 6.07) is 10.2. The number of likely N-dealkylation sites (tertiary alicyclic amines) is 2. The third-order valence-corrected chi connectivity index (χ3v) is 5.46. The van der Waals surface area contributed by atoms with Crippen molar-refractivity contribution in [3.8, 4) is 0 Å². The van der Waals surface area contributed by atoms with Gasteiger partial charge in [0.05, 0.1) is 0 Å². The summed E-state index contributed by atoms with van der Waals surface area (Å²) in [5.74, 6) is 0.721. The molecule has 2 heterocycles. The molecule has 1 atom stereocenters. The summed E-state index contributed by atoms with van der Waals surface area (Å²) in [6.45, 7) is 7.75. The van der Waals surface area contributed by atoms with Crippen LogP contribution in [0.1, 0.15) is 52.0 Å². The maximum atomic E-state index is 13.0. The number of amides is 2. The maximum Gasteiger partial charge on any atom is 0.410 e. The van der Waals surface area contributed by atoms with Crippen molar-refractivity contribution < 1.29 is 14.3 Å². The van der Waals surface area contributed by atoms with E-state index >= 15 is 0 Å². The lowest BCUT2D eigenvalue weighted by atomic mass is 9.90. The molecular formula is C22H32N2O3. The predicted octanol–water partition coefficient (Wildman–Crippen LogP) is 3.87. The first-order chi connectivity index (χ1) is 12.8. The zero-order chi connectivity index (χ0) is 19.4. The molecule has 5 nitrogen and oxygen atoms in total. The Morgan fingerprint density at radius 2 is 1.70 bits per heavy atom. The van der Waals surface area contributed by atoms with Gasteiger partial charge in [0.2, 0.25) is 5.91 Å². The minimum atomic E-state index is -0.539. The first-order valence-electron chi connectivity index (χ1n) is 10.2. The fourth-order valence-electron chi connectivity index (χ4n) is 4.08. The van der Waals surface area contributed by atoms with E-state index < -0.39 is 5.60 Å². The van der Waals surface area contributed by atoms with Crippen LogP contribution in [0.3, 0.4) is 0 Å². The van der Waals surface area contributed by atoms with Gasteiger partial charge in [-0.05, 0) is 64.4 Å². The summed E-state index contributed by atoms with van der Waals surface area (Å²) in [5.41, 5.74) is 0.831. The summed E-state index contributed by atoms with van der Waals surface area (Å²) in [4.78, 5) is 29.1. The summed E-state index contributed by atoms with van der Waals surface area (Å²) < 4.78 is 5.49. The van der Waals surface area contributed by atoms with E-state index in [9.17, 15) is 9.59 Å². The van der Waals surface area contributed by atoms with E-state index in [0.717, 1.165) is 45.2 Å². The Morgan fingerprint density at radius 1 is 1.04 bits per heavy atom. The quantitative estimate of drug-likeness (QED) is 0.809. The molecule has 0 spiro atoms. The molecule has 0 aromatic heterocycles. The van der Waals surface area contributed by atoms with Gasteiger partial charge in [0, 0.05) is 19.6 Å². The second-order valence-corrected chi connectivity index (χ2v) is 8.79. The molecule has 0 bridgehead atoms. The molecule has 148 valence electrons. The highest BCUT2D eigenvalue weighted by atomic mass is 16.6. The van der Waals surface area contributed by atoms with Gasteiger partial charge in [0.25, 0.3) is 0 Å². The molecule has 0 saturated carbocycles. The molecule has 2 aliphatic rings. The fraction of sp³-hybridized carbons (Fsp3) is 0.636. The van der Waals surface area contributed by atoms with Gasteiger partial charge in [-0.3, -0.25) is 9.69 Å². The number of benzene rings is 1. The number of hydrogen-bond acceptors (Lipinski definition) is 3. The lowest BCUT2D eigenvalue weighted by molar-refractivity contribution is -0.137. The lowest BCUT2D eigenvalue weighted by Gasteiger charge is -2.36. The number of hydrogen-bond donors (Lipinski definition) is 0. The molecular weight excluding hydrogens is 340 g/mol. The Labute approximate surface area is 162 Å². The highest BCUT2D eigenvalue weighted by Gasteiger charge is 2.39. The molecule has 2 saturated heterocycles. The standard InChI is InChI=1S/C22H32N2O3/c1-22(2,3)27-21(26)24-13-7-10-19(24)20(25)23-14-11-18(12-15-23)16-17-8-5-4-6-9-17/h4-6,8-9,18-19H,7,10-16H2,1-3H3. The number of carbonyl (C=O) groups excluding carboxylic acids is 2. The van der Waals surface area contributed by atoms with Crippen molar-refractivity contribution in [2.45, 2.75) is 64.5 Å². The number of rotatable bonds is 3. The highest BCUT2D eigenvalue weighted by Crippen LogP contribution is 2.26. The third kappa shape index (κ3) is 5.24. The van der Waals surface area contributed by atoms with Crippen LogP contribution in [0.4, 0.5) is 4.79 Å². The smallest absolute Gasteiger partial charge is 0.410 e. The Kier molecular flexibility index (Phi) is 6.08. The van der Waals surface area contributed by atoms with Crippen molar-refractivity contribution in [1.29, 1.82) is 0 Å². The van der Waals surface area contributed by atoms with Gasteiger partial charge in [0.15, 0.2) is 0 Å². The Morgan fingerprint density at radius 3 is 2.33 bits per heavy atom.